The highest BCUT2D eigenvalue weighted by Gasteiger charge is 2.29. The van der Waals surface area contributed by atoms with Crippen molar-refractivity contribution in [1.29, 1.82) is 0 Å². The second-order valence-electron chi connectivity index (χ2n) is 4.79. The van der Waals surface area contributed by atoms with Crippen LogP contribution >= 0.6 is 11.3 Å². The van der Waals surface area contributed by atoms with Crippen LogP contribution in [0.5, 0.6) is 0 Å². The van der Waals surface area contributed by atoms with Crippen LogP contribution in [0.1, 0.15) is 28.9 Å². The predicted octanol–water partition coefficient (Wildman–Crippen LogP) is 1.63. The summed E-state index contributed by atoms with van der Waals surface area (Å²) >= 11 is 1.51. The Kier molecular flexibility index (Phi) is 3.11. The molecule has 0 radical (unpaired) electrons. The zero-order valence-electron chi connectivity index (χ0n) is 9.84. The number of aromatic nitrogens is 1. The summed E-state index contributed by atoms with van der Waals surface area (Å²) in [5.74, 6) is 0. The number of aldehydes is 1. The van der Waals surface area contributed by atoms with Gasteiger partial charge >= 0.3 is 0 Å². The summed E-state index contributed by atoms with van der Waals surface area (Å²) in [4.78, 5) is 20.7. The van der Waals surface area contributed by atoms with E-state index in [-0.39, 0.29) is 0 Å². The van der Waals surface area contributed by atoms with Crippen molar-refractivity contribution in [2.45, 2.75) is 25.3 Å². The Bertz CT molecular complexity index is 406. The van der Waals surface area contributed by atoms with E-state index >= 15 is 0 Å². The van der Waals surface area contributed by atoms with Gasteiger partial charge in [0.2, 0.25) is 0 Å². The van der Waals surface area contributed by atoms with E-state index in [1.54, 1.807) is 6.20 Å². The molecule has 4 nitrogen and oxygen atoms in total. The number of rotatable bonds is 2. The van der Waals surface area contributed by atoms with E-state index in [9.17, 15) is 4.79 Å². The van der Waals surface area contributed by atoms with Crippen molar-refractivity contribution >= 4 is 22.8 Å². The number of hydrogen-bond donors (Lipinski definition) is 0. The Morgan fingerprint density at radius 2 is 2.24 bits per heavy atom. The van der Waals surface area contributed by atoms with Crippen LogP contribution in [-0.4, -0.2) is 48.4 Å². The third kappa shape index (κ3) is 2.21. The van der Waals surface area contributed by atoms with Crippen LogP contribution in [-0.2, 0) is 0 Å². The van der Waals surface area contributed by atoms with Gasteiger partial charge in [0, 0.05) is 25.7 Å². The summed E-state index contributed by atoms with van der Waals surface area (Å²) in [6.07, 6.45) is 6.41. The molecule has 1 unspecified atom stereocenters. The summed E-state index contributed by atoms with van der Waals surface area (Å²) in [5, 5.41) is 1.01. The highest BCUT2D eigenvalue weighted by Crippen LogP contribution is 2.27. The van der Waals surface area contributed by atoms with Crippen LogP contribution in [0.2, 0.25) is 0 Å². The number of anilines is 1. The number of nitrogens with zero attached hydrogens (tertiary/aromatic N) is 3. The van der Waals surface area contributed by atoms with E-state index in [1.807, 2.05) is 0 Å². The second-order valence-corrected chi connectivity index (χ2v) is 5.84. The maximum Gasteiger partial charge on any atom is 0.185 e. The molecule has 0 N–H and O–H groups in total. The van der Waals surface area contributed by atoms with Crippen molar-refractivity contribution in [1.82, 2.24) is 9.88 Å². The molecule has 0 bridgehead atoms. The van der Waals surface area contributed by atoms with Gasteiger partial charge in [0.1, 0.15) is 0 Å². The Hall–Kier alpha value is -0.940. The first kappa shape index (κ1) is 11.2. The Labute approximate surface area is 105 Å². The molecule has 2 saturated heterocycles. The first-order valence-corrected chi connectivity index (χ1v) is 7.08. The largest absolute Gasteiger partial charge is 0.346 e. The monoisotopic (exact) mass is 251 g/mol. The van der Waals surface area contributed by atoms with E-state index in [1.165, 1.54) is 43.7 Å². The molecule has 2 aliphatic rings. The fourth-order valence-electron chi connectivity index (χ4n) is 2.86. The van der Waals surface area contributed by atoms with Crippen LogP contribution in [0.15, 0.2) is 6.20 Å². The first-order valence-electron chi connectivity index (χ1n) is 6.27. The Morgan fingerprint density at radius 3 is 3.06 bits per heavy atom. The number of thiazole rings is 1. The molecular formula is C12H17N3OS. The average molecular weight is 251 g/mol. The van der Waals surface area contributed by atoms with Gasteiger partial charge in [-0.05, 0) is 25.8 Å². The quantitative estimate of drug-likeness (QED) is 0.749. The van der Waals surface area contributed by atoms with Gasteiger partial charge in [-0.2, -0.15) is 0 Å². The third-order valence-corrected chi connectivity index (χ3v) is 4.69. The van der Waals surface area contributed by atoms with Gasteiger partial charge < -0.3 is 4.90 Å². The van der Waals surface area contributed by atoms with Crippen molar-refractivity contribution in [2.24, 2.45) is 0 Å². The standard InChI is InChI=1S/C12H17N3OS/c16-9-11-7-13-12(17-11)15-6-2-5-14-4-1-3-10(14)8-15/h7,9-10H,1-6,8H2. The molecule has 92 valence electrons. The van der Waals surface area contributed by atoms with Crippen molar-refractivity contribution in [3.8, 4) is 0 Å². The average Bonchev–Trinajstić information content (AvgIpc) is 2.94. The van der Waals surface area contributed by atoms with Crippen LogP contribution in [0.4, 0.5) is 5.13 Å². The first-order chi connectivity index (χ1) is 8.36. The SMILES string of the molecule is O=Cc1cnc(N2CCCN3CCCC3C2)s1. The summed E-state index contributed by atoms with van der Waals surface area (Å²) in [6, 6.07) is 0.695. The smallest absolute Gasteiger partial charge is 0.185 e. The topological polar surface area (TPSA) is 36.4 Å². The maximum absolute atomic E-state index is 10.7. The lowest BCUT2D eigenvalue weighted by Crippen LogP contribution is -2.36. The van der Waals surface area contributed by atoms with Crippen LogP contribution in [0.3, 0.4) is 0 Å². The van der Waals surface area contributed by atoms with E-state index in [2.05, 4.69) is 14.8 Å². The minimum Gasteiger partial charge on any atom is -0.346 e. The van der Waals surface area contributed by atoms with Gasteiger partial charge in [-0.3, -0.25) is 9.69 Å². The lowest BCUT2D eigenvalue weighted by Gasteiger charge is -2.25. The van der Waals surface area contributed by atoms with Gasteiger partial charge in [-0.15, -0.1) is 0 Å². The number of carbonyl (C=O) groups excluding carboxylic acids is 1. The molecule has 0 spiro atoms. The van der Waals surface area contributed by atoms with Crippen molar-refractivity contribution < 1.29 is 4.79 Å². The van der Waals surface area contributed by atoms with E-state index in [4.69, 9.17) is 0 Å². The number of hydrogen-bond acceptors (Lipinski definition) is 5. The van der Waals surface area contributed by atoms with Gasteiger partial charge in [0.05, 0.1) is 11.1 Å². The van der Waals surface area contributed by atoms with Gasteiger partial charge in [-0.1, -0.05) is 11.3 Å². The molecular weight excluding hydrogens is 234 g/mol. The van der Waals surface area contributed by atoms with Gasteiger partial charge in [0.25, 0.3) is 0 Å². The summed E-state index contributed by atoms with van der Waals surface area (Å²) in [5.41, 5.74) is 0. The minimum absolute atomic E-state index is 0.695. The molecule has 17 heavy (non-hydrogen) atoms. The highest BCUT2D eigenvalue weighted by molar-refractivity contribution is 7.17. The maximum atomic E-state index is 10.7. The van der Waals surface area contributed by atoms with Crippen LogP contribution in [0.25, 0.3) is 0 Å². The summed E-state index contributed by atoms with van der Waals surface area (Å²) < 4.78 is 0. The van der Waals surface area contributed by atoms with E-state index in [0.717, 1.165) is 29.4 Å². The zero-order chi connectivity index (χ0) is 11.7. The third-order valence-electron chi connectivity index (χ3n) is 3.70. The van der Waals surface area contributed by atoms with Crippen LogP contribution in [0, 0.1) is 0 Å². The molecule has 2 aliphatic heterocycles. The normalized spacial score (nSPS) is 25.6. The lowest BCUT2D eigenvalue weighted by atomic mass is 10.2. The molecule has 1 aromatic rings. The zero-order valence-corrected chi connectivity index (χ0v) is 10.7. The highest BCUT2D eigenvalue weighted by atomic mass is 32.1. The summed E-state index contributed by atoms with van der Waals surface area (Å²) in [6.45, 7) is 4.62. The molecule has 0 aliphatic carbocycles. The second kappa shape index (κ2) is 4.74. The van der Waals surface area contributed by atoms with Crippen molar-refractivity contribution in [3.05, 3.63) is 11.1 Å². The molecule has 0 aromatic carbocycles. The molecule has 1 atom stereocenters. The number of fused-ring (bicyclic) bond motifs is 1. The lowest BCUT2D eigenvalue weighted by molar-refractivity contribution is 0.112. The molecule has 0 saturated carbocycles. The summed E-state index contributed by atoms with van der Waals surface area (Å²) in [7, 11) is 0. The molecule has 2 fully saturated rings. The molecule has 0 amide bonds. The minimum atomic E-state index is 0.695. The Morgan fingerprint density at radius 1 is 1.35 bits per heavy atom. The predicted molar refractivity (Wildman–Crippen MR) is 68.9 cm³/mol. The molecule has 1 aromatic heterocycles. The van der Waals surface area contributed by atoms with Crippen molar-refractivity contribution in [2.75, 3.05) is 31.1 Å². The van der Waals surface area contributed by atoms with Gasteiger partial charge in [0.15, 0.2) is 11.4 Å². The number of carbonyl (C=O) groups is 1. The van der Waals surface area contributed by atoms with E-state index < -0.39 is 0 Å². The molecule has 3 rings (SSSR count). The fraction of sp³-hybridized carbons (Fsp3) is 0.667. The molecule has 5 heteroatoms. The van der Waals surface area contributed by atoms with E-state index in [0.29, 0.717) is 6.04 Å². The Balaban J connectivity index is 1.76. The van der Waals surface area contributed by atoms with Crippen molar-refractivity contribution in [3.63, 3.8) is 0 Å². The molecule has 3 heterocycles. The van der Waals surface area contributed by atoms with Crippen LogP contribution < -0.4 is 4.90 Å². The fourth-order valence-corrected chi connectivity index (χ4v) is 3.62. The van der Waals surface area contributed by atoms with Gasteiger partial charge in [-0.25, -0.2) is 4.98 Å².